The fourth-order valence-corrected chi connectivity index (χ4v) is 2.40. The van der Waals surface area contributed by atoms with E-state index in [9.17, 15) is 22.4 Å². The van der Waals surface area contributed by atoms with E-state index in [-0.39, 0.29) is 0 Å². The standard InChI is InChI=1S/C16H10F4N2O2/c17-11-4-3-9(16(18,19)20)6-10(11)12-13(23)14(24-15(12)21)8-2-1-5-22-7-8/h1-7,14H,21H2. The topological polar surface area (TPSA) is 65.2 Å². The van der Waals surface area contributed by atoms with E-state index >= 15 is 0 Å². The molecule has 0 fully saturated rings. The van der Waals surface area contributed by atoms with Crippen LogP contribution in [0.5, 0.6) is 0 Å². The summed E-state index contributed by atoms with van der Waals surface area (Å²) >= 11 is 0. The van der Waals surface area contributed by atoms with Crippen LogP contribution in [-0.2, 0) is 15.7 Å². The molecule has 1 aliphatic rings. The molecule has 1 aromatic carbocycles. The Morgan fingerprint density at radius 3 is 2.58 bits per heavy atom. The van der Waals surface area contributed by atoms with Gasteiger partial charge in [0.1, 0.15) is 5.82 Å². The van der Waals surface area contributed by atoms with Crippen molar-refractivity contribution in [1.29, 1.82) is 0 Å². The highest BCUT2D eigenvalue weighted by Crippen LogP contribution is 2.39. The molecule has 0 radical (unpaired) electrons. The van der Waals surface area contributed by atoms with Gasteiger partial charge in [0.05, 0.1) is 11.1 Å². The third-order valence-electron chi connectivity index (χ3n) is 3.53. The molecule has 0 aliphatic carbocycles. The van der Waals surface area contributed by atoms with Crippen LogP contribution in [0, 0.1) is 5.82 Å². The number of carbonyl (C=O) groups excluding carboxylic acids is 1. The molecule has 2 aromatic rings. The van der Waals surface area contributed by atoms with Crippen LogP contribution in [0.25, 0.3) is 5.57 Å². The van der Waals surface area contributed by atoms with Gasteiger partial charge in [-0.15, -0.1) is 0 Å². The maximum Gasteiger partial charge on any atom is 0.416 e. The minimum absolute atomic E-state index is 0.368. The highest BCUT2D eigenvalue weighted by atomic mass is 19.4. The van der Waals surface area contributed by atoms with Gasteiger partial charge in [0.2, 0.25) is 5.78 Å². The Kier molecular flexibility index (Phi) is 3.75. The number of hydrogen-bond donors (Lipinski definition) is 1. The number of nitrogens with zero attached hydrogens (tertiary/aromatic N) is 1. The Bertz CT molecular complexity index is 832. The van der Waals surface area contributed by atoms with E-state index in [1.165, 1.54) is 12.4 Å². The van der Waals surface area contributed by atoms with Gasteiger partial charge < -0.3 is 10.5 Å². The first-order chi connectivity index (χ1) is 11.3. The number of pyridine rings is 1. The van der Waals surface area contributed by atoms with Crippen LogP contribution >= 0.6 is 0 Å². The van der Waals surface area contributed by atoms with Crippen LogP contribution in [0.2, 0.25) is 0 Å². The zero-order valence-corrected chi connectivity index (χ0v) is 12.0. The predicted octanol–water partition coefficient (Wildman–Crippen LogP) is 3.21. The molecular weight excluding hydrogens is 328 g/mol. The van der Waals surface area contributed by atoms with Crippen LogP contribution in [0.4, 0.5) is 17.6 Å². The van der Waals surface area contributed by atoms with E-state index in [1.54, 1.807) is 12.1 Å². The molecule has 1 atom stereocenters. The second kappa shape index (κ2) is 5.63. The molecule has 0 bridgehead atoms. The highest BCUT2D eigenvalue weighted by Gasteiger charge is 2.39. The van der Waals surface area contributed by atoms with Crippen molar-refractivity contribution < 1.29 is 27.1 Å². The first kappa shape index (κ1) is 16.0. The van der Waals surface area contributed by atoms with Crippen molar-refractivity contribution >= 4 is 11.4 Å². The Morgan fingerprint density at radius 2 is 1.96 bits per heavy atom. The second-order valence-corrected chi connectivity index (χ2v) is 5.08. The SMILES string of the molecule is NC1=C(c2cc(C(F)(F)F)ccc2F)C(=O)C(c2cccnc2)O1. The molecule has 124 valence electrons. The Balaban J connectivity index is 2.04. The summed E-state index contributed by atoms with van der Waals surface area (Å²) in [7, 11) is 0. The van der Waals surface area contributed by atoms with E-state index in [4.69, 9.17) is 10.5 Å². The van der Waals surface area contributed by atoms with Crippen molar-refractivity contribution in [2.45, 2.75) is 12.3 Å². The quantitative estimate of drug-likeness (QED) is 0.854. The third-order valence-corrected chi connectivity index (χ3v) is 3.53. The minimum Gasteiger partial charge on any atom is -0.462 e. The van der Waals surface area contributed by atoms with E-state index in [1.807, 2.05) is 0 Å². The number of aromatic nitrogens is 1. The van der Waals surface area contributed by atoms with E-state index < -0.39 is 46.5 Å². The van der Waals surface area contributed by atoms with Gasteiger partial charge in [-0.05, 0) is 24.3 Å². The summed E-state index contributed by atoms with van der Waals surface area (Å²) in [5.41, 5.74) is 3.95. The van der Waals surface area contributed by atoms with Gasteiger partial charge in [-0.3, -0.25) is 9.78 Å². The molecule has 2 heterocycles. The zero-order chi connectivity index (χ0) is 17.5. The summed E-state index contributed by atoms with van der Waals surface area (Å²) in [5, 5.41) is 0. The van der Waals surface area contributed by atoms with E-state index in [0.717, 1.165) is 0 Å². The van der Waals surface area contributed by atoms with Crippen LogP contribution < -0.4 is 5.73 Å². The fraction of sp³-hybridized carbons (Fsp3) is 0.125. The largest absolute Gasteiger partial charge is 0.462 e. The van der Waals surface area contributed by atoms with Gasteiger partial charge in [0, 0.05) is 23.5 Å². The summed E-state index contributed by atoms with van der Waals surface area (Å²) in [6.07, 6.45) is -3.00. The molecule has 0 amide bonds. The number of benzene rings is 1. The van der Waals surface area contributed by atoms with Crippen LogP contribution in [-0.4, -0.2) is 10.8 Å². The monoisotopic (exact) mass is 338 g/mol. The minimum atomic E-state index is -4.68. The molecule has 2 N–H and O–H groups in total. The van der Waals surface area contributed by atoms with Crippen molar-refractivity contribution in [2.24, 2.45) is 5.73 Å². The Labute approximate surface area is 133 Å². The fourth-order valence-electron chi connectivity index (χ4n) is 2.40. The molecule has 0 spiro atoms. The molecule has 0 saturated carbocycles. The first-order valence-corrected chi connectivity index (χ1v) is 6.76. The number of Topliss-reactive ketones (excluding diaryl/α,β-unsaturated/α-hetero) is 1. The molecule has 24 heavy (non-hydrogen) atoms. The number of ether oxygens (including phenoxy) is 1. The van der Waals surface area contributed by atoms with Gasteiger partial charge in [-0.25, -0.2) is 4.39 Å². The van der Waals surface area contributed by atoms with Gasteiger partial charge in [0.25, 0.3) is 0 Å². The lowest BCUT2D eigenvalue weighted by Gasteiger charge is -2.10. The summed E-state index contributed by atoms with van der Waals surface area (Å²) < 4.78 is 57.7. The number of rotatable bonds is 2. The van der Waals surface area contributed by atoms with Crippen molar-refractivity contribution in [3.8, 4) is 0 Å². The Morgan fingerprint density at radius 1 is 1.21 bits per heavy atom. The molecule has 1 aliphatic heterocycles. The first-order valence-electron chi connectivity index (χ1n) is 6.76. The molecular formula is C16H10F4N2O2. The summed E-state index contributed by atoms with van der Waals surface area (Å²) in [6, 6.07) is 4.89. The predicted molar refractivity (Wildman–Crippen MR) is 75.6 cm³/mol. The van der Waals surface area contributed by atoms with Crippen molar-refractivity contribution in [1.82, 2.24) is 4.98 Å². The number of hydrogen-bond acceptors (Lipinski definition) is 4. The molecule has 8 heteroatoms. The highest BCUT2D eigenvalue weighted by molar-refractivity contribution is 6.25. The molecule has 1 unspecified atom stereocenters. The average molecular weight is 338 g/mol. The lowest BCUT2D eigenvalue weighted by molar-refractivity contribution is -0.137. The van der Waals surface area contributed by atoms with Crippen LogP contribution in [0.15, 0.2) is 48.6 Å². The molecule has 4 nitrogen and oxygen atoms in total. The number of ketones is 1. The molecule has 0 saturated heterocycles. The molecule has 1 aromatic heterocycles. The summed E-state index contributed by atoms with van der Waals surface area (Å²) in [5.74, 6) is -2.14. The number of alkyl halides is 3. The number of nitrogens with two attached hydrogens (primary N) is 1. The van der Waals surface area contributed by atoms with Gasteiger partial charge >= 0.3 is 6.18 Å². The smallest absolute Gasteiger partial charge is 0.416 e. The Hall–Kier alpha value is -2.90. The van der Waals surface area contributed by atoms with Gasteiger partial charge in [-0.2, -0.15) is 13.2 Å². The summed E-state index contributed by atoms with van der Waals surface area (Å²) in [4.78, 5) is 16.3. The van der Waals surface area contributed by atoms with Crippen molar-refractivity contribution in [3.63, 3.8) is 0 Å². The van der Waals surface area contributed by atoms with Crippen molar-refractivity contribution in [2.75, 3.05) is 0 Å². The van der Waals surface area contributed by atoms with Crippen LogP contribution in [0.1, 0.15) is 22.8 Å². The normalized spacial score (nSPS) is 18.0. The summed E-state index contributed by atoms with van der Waals surface area (Å²) in [6.45, 7) is 0. The third kappa shape index (κ3) is 2.70. The number of halogens is 4. The maximum atomic E-state index is 14.0. The van der Waals surface area contributed by atoms with Crippen molar-refractivity contribution in [3.05, 3.63) is 71.1 Å². The maximum absolute atomic E-state index is 14.0. The lowest BCUT2D eigenvalue weighted by Crippen LogP contribution is -2.11. The van der Waals surface area contributed by atoms with Crippen LogP contribution in [0.3, 0.4) is 0 Å². The molecule has 3 rings (SSSR count). The number of carbonyl (C=O) groups is 1. The van der Waals surface area contributed by atoms with E-state index in [2.05, 4.69) is 4.98 Å². The van der Waals surface area contributed by atoms with Gasteiger partial charge in [-0.1, -0.05) is 6.07 Å². The lowest BCUT2D eigenvalue weighted by atomic mass is 9.96. The zero-order valence-electron chi connectivity index (χ0n) is 12.0. The van der Waals surface area contributed by atoms with Gasteiger partial charge in [0.15, 0.2) is 12.0 Å². The second-order valence-electron chi connectivity index (χ2n) is 5.08. The average Bonchev–Trinajstić information content (AvgIpc) is 2.83. The van der Waals surface area contributed by atoms with E-state index in [0.29, 0.717) is 23.8 Å².